The van der Waals surface area contributed by atoms with Gasteiger partial charge in [0.1, 0.15) is 0 Å². The van der Waals surface area contributed by atoms with Gasteiger partial charge in [0.2, 0.25) is 0 Å². The minimum Gasteiger partial charge on any atom is -0.383 e. The standard InChI is InChI=1S/C12H24N4O/c1-15(10-11-17-3)9-8-13-6-4-12-5-7-14-16(12)2/h5,7,13H,4,6,8-11H2,1-3H3. The van der Waals surface area contributed by atoms with E-state index in [4.69, 9.17) is 4.74 Å². The summed E-state index contributed by atoms with van der Waals surface area (Å²) in [7, 11) is 5.83. The van der Waals surface area contributed by atoms with E-state index in [-0.39, 0.29) is 0 Å². The molecular weight excluding hydrogens is 216 g/mol. The van der Waals surface area contributed by atoms with Crippen LogP contribution in [-0.4, -0.2) is 61.6 Å². The average Bonchev–Trinajstić information content (AvgIpc) is 2.72. The molecule has 98 valence electrons. The molecule has 1 heterocycles. The third-order valence-electron chi connectivity index (χ3n) is 2.83. The average molecular weight is 240 g/mol. The second-order valence-corrected chi connectivity index (χ2v) is 4.24. The maximum atomic E-state index is 5.03. The fraction of sp³-hybridized carbons (Fsp3) is 0.750. The number of nitrogens with zero attached hydrogens (tertiary/aromatic N) is 3. The van der Waals surface area contributed by atoms with Crippen molar-refractivity contribution < 1.29 is 4.74 Å². The van der Waals surface area contributed by atoms with Gasteiger partial charge in [-0.1, -0.05) is 0 Å². The number of likely N-dealkylation sites (N-methyl/N-ethyl adjacent to an activating group) is 1. The quantitative estimate of drug-likeness (QED) is 0.623. The number of aromatic nitrogens is 2. The fourth-order valence-electron chi connectivity index (χ4n) is 1.62. The number of methoxy groups -OCH3 is 1. The predicted octanol–water partition coefficient (Wildman–Crippen LogP) is 0.130. The number of rotatable bonds is 9. The summed E-state index contributed by atoms with van der Waals surface area (Å²) in [5.74, 6) is 0. The Hall–Kier alpha value is -0.910. The molecule has 0 fully saturated rings. The largest absolute Gasteiger partial charge is 0.383 e. The molecule has 1 aromatic heterocycles. The molecule has 0 radical (unpaired) electrons. The smallest absolute Gasteiger partial charge is 0.0589 e. The third kappa shape index (κ3) is 5.81. The highest BCUT2D eigenvalue weighted by Crippen LogP contribution is 1.95. The van der Waals surface area contributed by atoms with E-state index in [2.05, 4.69) is 28.4 Å². The predicted molar refractivity (Wildman–Crippen MR) is 69.2 cm³/mol. The maximum Gasteiger partial charge on any atom is 0.0589 e. The van der Waals surface area contributed by atoms with Gasteiger partial charge in [-0.2, -0.15) is 5.10 Å². The van der Waals surface area contributed by atoms with Crippen molar-refractivity contribution in [1.29, 1.82) is 0 Å². The molecule has 0 aromatic carbocycles. The van der Waals surface area contributed by atoms with Gasteiger partial charge >= 0.3 is 0 Å². The van der Waals surface area contributed by atoms with Crippen molar-refractivity contribution in [1.82, 2.24) is 20.0 Å². The molecule has 0 saturated carbocycles. The van der Waals surface area contributed by atoms with Crippen LogP contribution in [0.4, 0.5) is 0 Å². The molecule has 0 bridgehead atoms. The van der Waals surface area contributed by atoms with Gasteiger partial charge in [0, 0.05) is 58.6 Å². The molecule has 0 atom stereocenters. The molecule has 5 nitrogen and oxygen atoms in total. The maximum absolute atomic E-state index is 5.03. The Labute approximate surface area is 104 Å². The second-order valence-electron chi connectivity index (χ2n) is 4.24. The van der Waals surface area contributed by atoms with Crippen LogP contribution >= 0.6 is 0 Å². The van der Waals surface area contributed by atoms with Gasteiger partial charge in [0.25, 0.3) is 0 Å². The van der Waals surface area contributed by atoms with Crippen LogP contribution in [0.25, 0.3) is 0 Å². The Morgan fingerprint density at radius 2 is 2.24 bits per heavy atom. The number of nitrogens with one attached hydrogen (secondary N) is 1. The first-order valence-corrected chi connectivity index (χ1v) is 6.09. The van der Waals surface area contributed by atoms with Gasteiger partial charge in [0.05, 0.1) is 6.61 Å². The van der Waals surface area contributed by atoms with Crippen molar-refractivity contribution in [2.75, 3.05) is 46.9 Å². The van der Waals surface area contributed by atoms with E-state index >= 15 is 0 Å². The monoisotopic (exact) mass is 240 g/mol. The molecule has 0 aliphatic carbocycles. The number of ether oxygens (including phenoxy) is 1. The zero-order valence-corrected chi connectivity index (χ0v) is 11.1. The highest BCUT2D eigenvalue weighted by molar-refractivity contribution is 5.00. The Balaban J connectivity index is 1.99. The van der Waals surface area contributed by atoms with Crippen molar-refractivity contribution in [3.8, 4) is 0 Å². The van der Waals surface area contributed by atoms with Crippen molar-refractivity contribution in [2.45, 2.75) is 6.42 Å². The summed E-state index contributed by atoms with van der Waals surface area (Å²) in [5, 5.41) is 7.58. The minimum absolute atomic E-state index is 0.797. The zero-order valence-electron chi connectivity index (χ0n) is 11.1. The lowest BCUT2D eigenvalue weighted by Gasteiger charge is -2.16. The van der Waals surface area contributed by atoms with Crippen LogP contribution in [0.3, 0.4) is 0 Å². The first-order valence-electron chi connectivity index (χ1n) is 6.09. The molecule has 1 aromatic rings. The molecule has 0 saturated heterocycles. The van der Waals surface area contributed by atoms with Crippen LogP contribution in [-0.2, 0) is 18.2 Å². The summed E-state index contributed by atoms with van der Waals surface area (Å²) < 4.78 is 6.95. The Morgan fingerprint density at radius 1 is 1.41 bits per heavy atom. The molecule has 0 aliphatic heterocycles. The van der Waals surface area contributed by atoms with Crippen LogP contribution in [0.2, 0.25) is 0 Å². The van der Waals surface area contributed by atoms with Gasteiger partial charge in [-0.25, -0.2) is 0 Å². The highest BCUT2D eigenvalue weighted by atomic mass is 16.5. The van der Waals surface area contributed by atoms with Gasteiger partial charge < -0.3 is 15.0 Å². The summed E-state index contributed by atoms with van der Waals surface area (Å²) in [4.78, 5) is 2.26. The van der Waals surface area contributed by atoms with Crippen molar-refractivity contribution in [2.24, 2.45) is 7.05 Å². The van der Waals surface area contributed by atoms with E-state index in [1.54, 1.807) is 7.11 Å². The molecule has 5 heteroatoms. The zero-order chi connectivity index (χ0) is 12.5. The van der Waals surface area contributed by atoms with Crippen LogP contribution in [0, 0.1) is 0 Å². The first-order chi connectivity index (χ1) is 8.24. The SMILES string of the molecule is COCCN(C)CCNCCc1ccnn1C. The summed E-state index contributed by atoms with van der Waals surface area (Å²) in [5.41, 5.74) is 1.27. The summed E-state index contributed by atoms with van der Waals surface area (Å²) in [6.45, 7) is 4.84. The number of aryl methyl sites for hydroxylation is 1. The Kier molecular flexibility index (Phi) is 6.84. The topological polar surface area (TPSA) is 42.3 Å². The van der Waals surface area contributed by atoms with Crippen LogP contribution < -0.4 is 5.32 Å². The van der Waals surface area contributed by atoms with Gasteiger partial charge in [-0.3, -0.25) is 4.68 Å². The van der Waals surface area contributed by atoms with Crippen LogP contribution in [0.15, 0.2) is 12.3 Å². The number of hydrogen-bond donors (Lipinski definition) is 1. The van der Waals surface area contributed by atoms with Crippen molar-refractivity contribution in [3.63, 3.8) is 0 Å². The Morgan fingerprint density at radius 3 is 2.88 bits per heavy atom. The van der Waals surface area contributed by atoms with Crippen LogP contribution in [0.5, 0.6) is 0 Å². The molecule has 0 unspecified atom stereocenters. The fourth-order valence-corrected chi connectivity index (χ4v) is 1.62. The molecule has 1 N–H and O–H groups in total. The van der Waals surface area contributed by atoms with E-state index in [1.807, 2.05) is 17.9 Å². The van der Waals surface area contributed by atoms with E-state index in [9.17, 15) is 0 Å². The van der Waals surface area contributed by atoms with E-state index in [0.29, 0.717) is 0 Å². The summed E-state index contributed by atoms with van der Waals surface area (Å²) in [6.07, 6.45) is 2.87. The lowest BCUT2D eigenvalue weighted by atomic mass is 10.3. The summed E-state index contributed by atoms with van der Waals surface area (Å²) in [6, 6.07) is 2.06. The van der Waals surface area contributed by atoms with Crippen molar-refractivity contribution in [3.05, 3.63) is 18.0 Å². The van der Waals surface area contributed by atoms with E-state index in [0.717, 1.165) is 39.2 Å². The van der Waals surface area contributed by atoms with Crippen molar-refractivity contribution >= 4 is 0 Å². The second kappa shape index (κ2) is 8.22. The first kappa shape index (κ1) is 14.2. The minimum atomic E-state index is 0.797. The number of hydrogen-bond acceptors (Lipinski definition) is 4. The molecule has 0 aliphatic rings. The molecular formula is C12H24N4O. The summed E-state index contributed by atoms with van der Waals surface area (Å²) >= 11 is 0. The highest BCUT2D eigenvalue weighted by Gasteiger charge is 1.99. The van der Waals surface area contributed by atoms with E-state index < -0.39 is 0 Å². The third-order valence-corrected chi connectivity index (χ3v) is 2.83. The lowest BCUT2D eigenvalue weighted by Crippen LogP contribution is -2.32. The molecule has 17 heavy (non-hydrogen) atoms. The van der Waals surface area contributed by atoms with Crippen LogP contribution in [0.1, 0.15) is 5.69 Å². The molecule has 0 spiro atoms. The van der Waals surface area contributed by atoms with Gasteiger partial charge in [-0.05, 0) is 13.1 Å². The van der Waals surface area contributed by atoms with Gasteiger partial charge in [-0.15, -0.1) is 0 Å². The normalized spacial score (nSPS) is 11.3. The molecule has 1 rings (SSSR count). The van der Waals surface area contributed by atoms with Gasteiger partial charge in [0.15, 0.2) is 0 Å². The lowest BCUT2D eigenvalue weighted by molar-refractivity contribution is 0.161. The molecule has 0 amide bonds. The van der Waals surface area contributed by atoms with E-state index in [1.165, 1.54) is 5.69 Å². The Bertz CT molecular complexity index is 300.